The molecule has 5 atom stereocenters. The van der Waals surface area contributed by atoms with Crippen LogP contribution in [0.3, 0.4) is 0 Å². The summed E-state index contributed by atoms with van der Waals surface area (Å²) in [6.07, 6.45) is 6.61. The number of fused-ring (bicyclic) bond motifs is 1. The van der Waals surface area contributed by atoms with E-state index in [1.165, 1.54) is 38.4 Å². The first kappa shape index (κ1) is 28.5. The van der Waals surface area contributed by atoms with E-state index in [-0.39, 0.29) is 18.5 Å². The summed E-state index contributed by atoms with van der Waals surface area (Å²) >= 11 is 0. The topological polar surface area (TPSA) is 164 Å². The number of hydrogen-bond donors (Lipinski definition) is 5. The number of ether oxygens (including phenoxy) is 1. The molecule has 224 valence electrons. The molecule has 2 fully saturated rings. The number of aromatic nitrogens is 5. The molecule has 5 unspecified atom stereocenters. The fourth-order valence-electron chi connectivity index (χ4n) is 6.00. The van der Waals surface area contributed by atoms with Crippen LogP contribution in [0.25, 0.3) is 11.2 Å². The molecule has 0 radical (unpaired) electrons. The van der Waals surface area contributed by atoms with Crippen molar-refractivity contribution in [2.24, 2.45) is 5.92 Å². The summed E-state index contributed by atoms with van der Waals surface area (Å²) in [5.41, 5.74) is 2.02. The largest absolute Gasteiger partial charge is 0.443 e. The van der Waals surface area contributed by atoms with E-state index in [4.69, 9.17) is 19.1 Å². The SMILES string of the molecule is Cc1cnc(C2OC(n3cnc4c(NCCC5CCCCC5)nc(NC(CO)Cc5ccccc5)nc43)C(O)C2O)o1. The van der Waals surface area contributed by atoms with E-state index >= 15 is 0 Å². The molecule has 0 amide bonds. The van der Waals surface area contributed by atoms with E-state index in [0.29, 0.717) is 41.0 Å². The van der Waals surface area contributed by atoms with Gasteiger partial charge in [0.1, 0.15) is 18.0 Å². The normalized spacial score (nSPS) is 23.8. The van der Waals surface area contributed by atoms with Crippen molar-refractivity contribution in [2.75, 3.05) is 23.8 Å². The van der Waals surface area contributed by atoms with Gasteiger partial charge in [-0.3, -0.25) is 4.57 Å². The maximum absolute atomic E-state index is 11.0. The molecule has 3 aromatic heterocycles. The van der Waals surface area contributed by atoms with Crippen molar-refractivity contribution < 1.29 is 24.5 Å². The van der Waals surface area contributed by atoms with Gasteiger partial charge in [0.25, 0.3) is 0 Å². The number of hydrogen-bond acceptors (Lipinski definition) is 11. The minimum atomic E-state index is -1.28. The molecule has 1 aliphatic heterocycles. The van der Waals surface area contributed by atoms with Crippen molar-refractivity contribution in [3.05, 3.63) is 60.1 Å². The summed E-state index contributed by atoms with van der Waals surface area (Å²) in [6, 6.07) is 9.58. The third kappa shape index (κ3) is 6.12. The second-order valence-electron chi connectivity index (χ2n) is 11.4. The van der Waals surface area contributed by atoms with Crippen LogP contribution in [-0.2, 0) is 11.2 Å². The lowest BCUT2D eigenvalue weighted by atomic mass is 9.87. The maximum Gasteiger partial charge on any atom is 0.227 e. The first-order chi connectivity index (χ1) is 20.5. The minimum absolute atomic E-state index is 0.117. The predicted molar refractivity (Wildman–Crippen MR) is 156 cm³/mol. The van der Waals surface area contributed by atoms with Gasteiger partial charge in [-0.25, -0.2) is 9.97 Å². The molecule has 12 nitrogen and oxygen atoms in total. The van der Waals surface area contributed by atoms with Gasteiger partial charge in [0.15, 0.2) is 29.3 Å². The van der Waals surface area contributed by atoms with Crippen molar-refractivity contribution in [1.29, 1.82) is 0 Å². The van der Waals surface area contributed by atoms with Crippen molar-refractivity contribution >= 4 is 22.9 Å². The summed E-state index contributed by atoms with van der Waals surface area (Å²) in [6.45, 7) is 2.37. The molecule has 0 bridgehead atoms. The monoisotopic (exact) mass is 577 g/mol. The van der Waals surface area contributed by atoms with Crippen LogP contribution in [0, 0.1) is 12.8 Å². The van der Waals surface area contributed by atoms with Crippen molar-refractivity contribution in [2.45, 2.75) is 82.5 Å². The summed E-state index contributed by atoms with van der Waals surface area (Å²) in [7, 11) is 0. The molecule has 5 N–H and O–H groups in total. The molecule has 2 aliphatic rings. The Hall–Kier alpha value is -3.58. The zero-order valence-electron chi connectivity index (χ0n) is 23.8. The third-order valence-corrected chi connectivity index (χ3v) is 8.26. The average Bonchev–Trinajstić information content (AvgIpc) is 3.71. The lowest BCUT2D eigenvalue weighted by Crippen LogP contribution is -2.29. The third-order valence-electron chi connectivity index (χ3n) is 8.26. The van der Waals surface area contributed by atoms with Gasteiger partial charge >= 0.3 is 0 Å². The van der Waals surface area contributed by atoms with Gasteiger partial charge in [-0.15, -0.1) is 0 Å². The van der Waals surface area contributed by atoms with Gasteiger partial charge in [-0.1, -0.05) is 62.4 Å². The maximum atomic E-state index is 11.0. The van der Waals surface area contributed by atoms with Crippen LogP contribution < -0.4 is 10.6 Å². The zero-order valence-corrected chi connectivity index (χ0v) is 23.8. The second kappa shape index (κ2) is 12.7. The Morgan fingerprint density at radius 2 is 1.86 bits per heavy atom. The van der Waals surface area contributed by atoms with E-state index in [2.05, 4.69) is 20.6 Å². The molecule has 4 heterocycles. The Balaban J connectivity index is 1.29. The molecule has 4 aromatic rings. The minimum Gasteiger partial charge on any atom is -0.443 e. The number of benzene rings is 1. The number of oxazole rings is 1. The first-order valence-corrected chi connectivity index (χ1v) is 14.8. The quantitative estimate of drug-likeness (QED) is 0.177. The summed E-state index contributed by atoms with van der Waals surface area (Å²) in [4.78, 5) is 18.3. The molecular formula is C30H39N7O5. The Morgan fingerprint density at radius 1 is 1.05 bits per heavy atom. The Labute approximate surface area is 244 Å². The summed E-state index contributed by atoms with van der Waals surface area (Å²) in [5.74, 6) is 2.34. The number of nitrogens with one attached hydrogen (secondary N) is 2. The van der Waals surface area contributed by atoms with Crippen LogP contribution in [-0.4, -0.2) is 71.2 Å². The van der Waals surface area contributed by atoms with Crippen LogP contribution in [0.5, 0.6) is 0 Å². The number of aryl methyl sites for hydroxylation is 1. The number of imidazole rings is 1. The van der Waals surface area contributed by atoms with Gasteiger partial charge in [-0.2, -0.15) is 9.97 Å². The Kier molecular flexibility index (Phi) is 8.66. The van der Waals surface area contributed by atoms with Crippen LogP contribution >= 0.6 is 0 Å². The summed E-state index contributed by atoms with van der Waals surface area (Å²) < 4.78 is 13.3. The van der Waals surface area contributed by atoms with E-state index in [9.17, 15) is 15.3 Å². The van der Waals surface area contributed by atoms with Gasteiger partial charge in [0, 0.05) is 6.54 Å². The van der Waals surface area contributed by atoms with Gasteiger partial charge in [-0.05, 0) is 31.2 Å². The molecule has 1 saturated carbocycles. The van der Waals surface area contributed by atoms with Crippen LogP contribution in [0.1, 0.15) is 68.1 Å². The highest BCUT2D eigenvalue weighted by Gasteiger charge is 2.47. The standard InChI is InChI=1S/C30H39N7O5/c1-18-15-32-28(41-18)25-23(39)24(40)29(42-25)37-17-33-22-26(31-13-12-19-8-4-2-5-9-19)35-30(36-27(22)37)34-21(16-38)14-20-10-6-3-7-11-20/h3,6-7,10-11,15,17,19,21,23-25,29,38-40H,2,4-5,8-9,12-14,16H2,1H3,(H2,31,34,35,36). The highest BCUT2D eigenvalue weighted by atomic mass is 16.6. The molecule has 42 heavy (non-hydrogen) atoms. The lowest BCUT2D eigenvalue weighted by molar-refractivity contribution is -0.0438. The number of aliphatic hydroxyl groups excluding tert-OH is 3. The van der Waals surface area contributed by atoms with E-state index in [0.717, 1.165) is 18.5 Å². The number of anilines is 2. The van der Waals surface area contributed by atoms with E-state index in [1.807, 2.05) is 30.3 Å². The highest BCUT2D eigenvalue weighted by molar-refractivity contribution is 5.84. The smallest absolute Gasteiger partial charge is 0.227 e. The molecule has 0 spiro atoms. The van der Waals surface area contributed by atoms with Crippen molar-refractivity contribution in [3.63, 3.8) is 0 Å². The first-order valence-electron chi connectivity index (χ1n) is 14.8. The second-order valence-corrected chi connectivity index (χ2v) is 11.4. The van der Waals surface area contributed by atoms with Crippen molar-refractivity contribution in [3.8, 4) is 0 Å². The number of aliphatic hydroxyl groups is 3. The molecule has 1 saturated heterocycles. The van der Waals surface area contributed by atoms with Gasteiger partial charge in [0.05, 0.1) is 25.2 Å². The van der Waals surface area contributed by atoms with Gasteiger partial charge in [0.2, 0.25) is 11.8 Å². The molecule has 12 heteroatoms. The predicted octanol–water partition coefficient (Wildman–Crippen LogP) is 3.51. The summed E-state index contributed by atoms with van der Waals surface area (Å²) in [5, 5.41) is 38.7. The molecule has 1 aromatic carbocycles. The van der Waals surface area contributed by atoms with Crippen LogP contribution in [0.4, 0.5) is 11.8 Å². The lowest BCUT2D eigenvalue weighted by Gasteiger charge is -2.22. The Morgan fingerprint density at radius 3 is 2.60 bits per heavy atom. The molecular weight excluding hydrogens is 538 g/mol. The van der Waals surface area contributed by atoms with E-state index < -0.39 is 24.5 Å². The Bertz CT molecular complexity index is 1460. The fraction of sp³-hybridized carbons (Fsp3) is 0.533. The number of rotatable bonds is 11. The van der Waals surface area contributed by atoms with Crippen LogP contribution in [0.15, 0.2) is 47.3 Å². The number of nitrogens with zero attached hydrogens (tertiary/aromatic N) is 5. The highest BCUT2D eigenvalue weighted by Crippen LogP contribution is 2.40. The van der Waals surface area contributed by atoms with Gasteiger partial charge < -0.3 is 35.1 Å². The van der Waals surface area contributed by atoms with Crippen molar-refractivity contribution in [1.82, 2.24) is 24.5 Å². The molecule has 6 rings (SSSR count). The average molecular weight is 578 g/mol. The molecule has 1 aliphatic carbocycles. The van der Waals surface area contributed by atoms with E-state index in [1.54, 1.807) is 17.7 Å². The van der Waals surface area contributed by atoms with Crippen LogP contribution in [0.2, 0.25) is 0 Å². The fourth-order valence-corrected chi connectivity index (χ4v) is 6.00. The zero-order chi connectivity index (χ0) is 29.1.